The van der Waals surface area contributed by atoms with Gasteiger partial charge in [0.15, 0.2) is 11.6 Å². The molecule has 212 valence electrons. The molecule has 2 aromatic carbocycles. The van der Waals surface area contributed by atoms with Crippen molar-refractivity contribution < 1.29 is 18.7 Å². The molecule has 0 saturated heterocycles. The van der Waals surface area contributed by atoms with E-state index in [1.165, 1.54) is 23.5 Å². The van der Waals surface area contributed by atoms with Crippen LogP contribution >= 0.6 is 33.9 Å². The summed E-state index contributed by atoms with van der Waals surface area (Å²) >= 11 is 3.68. The fourth-order valence-corrected chi connectivity index (χ4v) is 6.65. The molecular weight excluding hydrogens is 668 g/mol. The Morgan fingerprint density at radius 3 is 2.69 bits per heavy atom. The van der Waals surface area contributed by atoms with E-state index in [0.717, 1.165) is 26.5 Å². The van der Waals surface area contributed by atoms with Crippen molar-refractivity contribution in [2.45, 2.75) is 11.0 Å². The molecule has 5 aromatic rings. The summed E-state index contributed by atoms with van der Waals surface area (Å²) < 4.78 is 29.4. The average molecular weight is 694 g/mol. The number of ether oxygens (including phenoxy) is 2. The normalized spacial score (nSPS) is 14.9. The lowest BCUT2D eigenvalue weighted by Gasteiger charge is -2.32. The number of carbonyl (C=O) groups is 1. The van der Waals surface area contributed by atoms with Gasteiger partial charge in [0.05, 0.1) is 39.3 Å². The van der Waals surface area contributed by atoms with Crippen LogP contribution in [0.2, 0.25) is 0 Å². The number of imidazole rings is 1. The van der Waals surface area contributed by atoms with Gasteiger partial charge in [-0.25, -0.2) is 9.37 Å². The molecule has 0 spiro atoms. The molecule has 1 unspecified atom stereocenters. The number of alkyl halides is 1. The molecule has 1 aliphatic heterocycles. The molecule has 1 N–H and O–H groups in total. The third kappa shape index (κ3) is 5.61. The number of pyridine rings is 1. The second-order valence-corrected chi connectivity index (χ2v) is 11.6. The van der Waals surface area contributed by atoms with Gasteiger partial charge in [-0.3, -0.25) is 9.78 Å². The van der Waals surface area contributed by atoms with Gasteiger partial charge in [-0.15, -0.1) is 11.3 Å². The Morgan fingerprint density at radius 1 is 1.12 bits per heavy atom. The highest BCUT2D eigenvalue weighted by Gasteiger charge is 2.31. The molecule has 1 aliphatic rings. The van der Waals surface area contributed by atoms with Crippen molar-refractivity contribution in [2.75, 3.05) is 16.8 Å². The monoisotopic (exact) mass is 693 g/mol. The van der Waals surface area contributed by atoms with Crippen LogP contribution in [0.15, 0.2) is 103 Å². The first-order valence-corrected chi connectivity index (χ1v) is 15.2. The van der Waals surface area contributed by atoms with Crippen molar-refractivity contribution in [1.82, 2.24) is 14.5 Å². The van der Waals surface area contributed by atoms with E-state index in [4.69, 9.17) is 9.47 Å². The van der Waals surface area contributed by atoms with Crippen LogP contribution in [0.4, 0.5) is 15.8 Å². The molecule has 42 heavy (non-hydrogen) atoms. The van der Waals surface area contributed by atoms with Crippen molar-refractivity contribution in [2.24, 2.45) is 7.05 Å². The molecule has 8 nitrogen and oxygen atoms in total. The third-order valence-corrected chi connectivity index (χ3v) is 8.86. The zero-order valence-corrected chi connectivity index (χ0v) is 25.6. The molecule has 1 amide bonds. The number of anilines is 2. The van der Waals surface area contributed by atoms with Crippen LogP contribution in [0.25, 0.3) is 20.8 Å². The number of thiophene rings is 1. The lowest BCUT2D eigenvalue weighted by molar-refractivity contribution is -0.113. The van der Waals surface area contributed by atoms with E-state index in [1.54, 1.807) is 30.7 Å². The number of halogens is 2. The van der Waals surface area contributed by atoms with Gasteiger partial charge in [0.25, 0.3) is 5.91 Å². The number of amides is 1. The number of carbonyl (C=O) groups excluding carboxylic acids is 1. The first-order valence-electron chi connectivity index (χ1n) is 13.1. The molecule has 0 radical (unpaired) electrons. The van der Waals surface area contributed by atoms with Gasteiger partial charge in [0.2, 0.25) is 0 Å². The van der Waals surface area contributed by atoms with Gasteiger partial charge in [0.1, 0.15) is 15.6 Å². The van der Waals surface area contributed by atoms with Crippen molar-refractivity contribution in [3.8, 4) is 22.1 Å². The number of fused-ring (bicyclic) bond motifs is 1. The summed E-state index contributed by atoms with van der Waals surface area (Å²) in [4.78, 5) is 25.3. The summed E-state index contributed by atoms with van der Waals surface area (Å²) in [6.45, 7) is 2.27. The quantitative estimate of drug-likeness (QED) is 0.102. The second-order valence-electron chi connectivity index (χ2n) is 9.37. The van der Waals surface area contributed by atoms with Crippen LogP contribution in [-0.4, -0.2) is 31.1 Å². The summed E-state index contributed by atoms with van der Waals surface area (Å²) in [7, 11) is 1.91. The number of allylic oxidation sites excluding steroid dienone is 1. The summed E-state index contributed by atoms with van der Waals surface area (Å²) in [5.74, 6) is -0.00146. The first-order chi connectivity index (χ1) is 20.4. The van der Waals surface area contributed by atoms with Crippen molar-refractivity contribution in [3.05, 3.63) is 109 Å². The standard InChI is InChI=1S/C31H25FIN5O3S/c1-3-40-25-12-14-38(20-7-5-4-6-8-20)30(33)28(25)31(39)36-19-9-10-24(21(32)15-19)41-26-11-13-34-22-16-27(42-29(22)26)23-17-37(2)18-35-23/h4-18,30H,3H2,1-2H3,(H,36,39). The minimum atomic E-state index is -0.612. The fraction of sp³-hybridized carbons (Fsp3) is 0.129. The summed E-state index contributed by atoms with van der Waals surface area (Å²) in [5, 5.41) is 2.83. The van der Waals surface area contributed by atoms with E-state index in [0.29, 0.717) is 29.4 Å². The largest absolute Gasteiger partial charge is 0.493 e. The highest BCUT2D eigenvalue weighted by atomic mass is 127. The number of benzene rings is 2. The minimum Gasteiger partial charge on any atom is -0.493 e. The number of aromatic nitrogens is 3. The number of rotatable bonds is 8. The zero-order valence-electron chi connectivity index (χ0n) is 22.6. The Balaban J connectivity index is 1.22. The maximum atomic E-state index is 15.3. The molecular formula is C31H25FIN5O3S. The number of hydrogen-bond donors (Lipinski definition) is 1. The van der Waals surface area contributed by atoms with E-state index in [2.05, 4.69) is 37.9 Å². The van der Waals surface area contributed by atoms with Gasteiger partial charge < -0.3 is 24.3 Å². The predicted molar refractivity (Wildman–Crippen MR) is 171 cm³/mol. The lowest BCUT2D eigenvalue weighted by atomic mass is 10.1. The minimum absolute atomic E-state index is 0.0325. The Kier molecular flexibility index (Phi) is 7.94. The molecule has 1 atom stereocenters. The summed E-state index contributed by atoms with van der Waals surface area (Å²) in [6.07, 6.45) is 8.95. The molecule has 0 bridgehead atoms. The van der Waals surface area contributed by atoms with Crippen LogP contribution in [-0.2, 0) is 16.6 Å². The second kappa shape index (κ2) is 11.9. The number of nitrogens with one attached hydrogen (secondary N) is 1. The highest BCUT2D eigenvalue weighted by molar-refractivity contribution is 14.1. The van der Waals surface area contributed by atoms with E-state index in [-0.39, 0.29) is 15.7 Å². The number of aryl methyl sites for hydroxylation is 1. The summed E-state index contributed by atoms with van der Waals surface area (Å²) in [6, 6.07) is 17.8. The maximum Gasteiger partial charge on any atom is 0.258 e. The van der Waals surface area contributed by atoms with Gasteiger partial charge in [0, 0.05) is 49.1 Å². The third-order valence-electron chi connectivity index (χ3n) is 6.48. The summed E-state index contributed by atoms with van der Waals surface area (Å²) in [5.41, 5.74) is 3.23. The molecule has 0 saturated carbocycles. The average Bonchev–Trinajstić information content (AvgIpc) is 3.62. The number of para-hydroxylation sites is 1. The van der Waals surface area contributed by atoms with Crippen LogP contribution < -0.4 is 15.0 Å². The van der Waals surface area contributed by atoms with E-state index < -0.39 is 5.82 Å². The molecule has 4 heterocycles. The van der Waals surface area contributed by atoms with E-state index in [9.17, 15) is 4.79 Å². The van der Waals surface area contributed by atoms with Gasteiger partial charge in [-0.2, -0.15) is 0 Å². The maximum absolute atomic E-state index is 15.3. The van der Waals surface area contributed by atoms with Gasteiger partial charge >= 0.3 is 0 Å². The number of nitrogens with zero attached hydrogens (tertiary/aromatic N) is 4. The Morgan fingerprint density at radius 2 is 1.95 bits per heavy atom. The van der Waals surface area contributed by atoms with E-state index in [1.807, 2.05) is 72.2 Å². The van der Waals surface area contributed by atoms with Crippen molar-refractivity contribution in [3.63, 3.8) is 0 Å². The SMILES string of the molecule is CCOC1=C(C(=O)Nc2ccc(Oc3ccnc4cc(-c5cn(C)cn5)sc34)c(F)c2)C(I)N(c2ccccc2)C=C1. The van der Waals surface area contributed by atoms with Crippen molar-refractivity contribution in [1.29, 1.82) is 0 Å². The van der Waals surface area contributed by atoms with Crippen LogP contribution in [0.5, 0.6) is 11.5 Å². The Hall–Kier alpha value is -4.23. The molecule has 6 rings (SSSR count). The van der Waals surface area contributed by atoms with Crippen molar-refractivity contribution >= 4 is 61.4 Å². The van der Waals surface area contributed by atoms with Crippen LogP contribution in [0.3, 0.4) is 0 Å². The highest BCUT2D eigenvalue weighted by Crippen LogP contribution is 2.39. The Labute approximate surface area is 259 Å². The molecule has 3 aromatic heterocycles. The zero-order chi connectivity index (χ0) is 29.2. The van der Waals surface area contributed by atoms with E-state index >= 15 is 4.39 Å². The Bertz CT molecular complexity index is 1830. The lowest BCUT2D eigenvalue weighted by Crippen LogP contribution is -2.36. The molecule has 0 fully saturated rings. The molecule has 11 heteroatoms. The number of hydrogen-bond acceptors (Lipinski definition) is 7. The van der Waals surface area contributed by atoms with Crippen LogP contribution in [0.1, 0.15) is 6.92 Å². The predicted octanol–water partition coefficient (Wildman–Crippen LogP) is 7.65. The molecule has 0 aliphatic carbocycles. The fourth-order valence-electron chi connectivity index (χ4n) is 4.53. The van der Waals surface area contributed by atoms with Crippen LogP contribution in [0, 0.1) is 5.82 Å². The smallest absolute Gasteiger partial charge is 0.258 e. The topological polar surface area (TPSA) is 81.5 Å². The van der Waals surface area contributed by atoms with Gasteiger partial charge in [-0.05, 0) is 43.3 Å². The first kappa shape index (κ1) is 27.9. The van der Waals surface area contributed by atoms with Gasteiger partial charge in [-0.1, -0.05) is 40.8 Å².